The van der Waals surface area contributed by atoms with Crippen LogP contribution >= 0.6 is 15.9 Å². The molecule has 2 N–H and O–H groups in total. The molecule has 2 rings (SSSR count). The maximum absolute atomic E-state index is 11.9. The van der Waals surface area contributed by atoms with Crippen molar-refractivity contribution >= 4 is 27.8 Å². The van der Waals surface area contributed by atoms with Gasteiger partial charge in [0, 0.05) is 11.0 Å². The number of aryl methyl sites for hydroxylation is 1. The van der Waals surface area contributed by atoms with Crippen molar-refractivity contribution < 1.29 is 9.53 Å². The van der Waals surface area contributed by atoms with E-state index < -0.39 is 5.60 Å². The number of amides is 1. The van der Waals surface area contributed by atoms with Crippen LogP contribution in [0.15, 0.2) is 16.6 Å². The molecule has 0 saturated heterocycles. The highest BCUT2D eigenvalue weighted by atomic mass is 79.9. The minimum Gasteiger partial charge on any atom is -0.444 e. The van der Waals surface area contributed by atoms with E-state index in [9.17, 15) is 4.79 Å². The molecule has 1 aliphatic rings. The average molecular weight is 370 g/mol. The normalized spacial score (nSPS) is 16.0. The van der Waals surface area contributed by atoms with Gasteiger partial charge in [0.1, 0.15) is 11.4 Å². The number of ether oxygens (including phenoxy) is 1. The summed E-state index contributed by atoms with van der Waals surface area (Å²) in [6.45, 7) is 8.20. The lowest BCUT2D eigenvalue weighted by Crippen LogP contribution is -2.43. The molecule has 1 aromatic rings. The van der Waals surface area contributed by atoms with Crippen molar-refractivity contribution in [3.63, 3.8) is 0 Å². The molecule has 1 unspecified atom stereocenters. The number of hydrogen-bond donors (Lipinski definition) is 2. The van der Waals surface area contributed by atoms with Crippen LogP contribution < -0.4 is 10.6 Å². The first-order valence-corrected chi connectivity index (χ1v) is 8.40. The van der Waals surface area contributed by atoms with Crippen LogP contribution in [0.5, 0.6) is 0 Å². The van der Waals surface area contributed by atoms with E-state index in [1.807, 2.05) is 39.8 Å². The Labute approximate surface area is 140 Å². The van der Waals surface area contributed by atoms with Crippen molar-refractivity contribution in [3.8, 4) is 0 Å². The highest BCUT2D eigenvalue weighted by Gasteiger charge is 2.33. The first-order valence-electron chi connectivity index (χ1n) is 7.61. The lowest BCUT2D eigenvalue weighted by molar-refractivity contribution is 0.0501. The van der Waals surface area contributed by atoms with Gasteiger partial charge in [0.05, 0.1) is 11.7 Å². The molecule has 1 amide bonds. The van der Waals surface area contributed by atoms with Gasteiger partial charge in [-0.3, -0.25) is 0 Å². The third-order valence-electron chi connectivity index (χ3n) is 3.42. The molecule has 0 spiro atoms. The third-order valence-corrected chi connectivity index (χ3v) is 4.26. The minimum absolute atomic E-state index is 0.0700. The molecule has 122 valence electrons. The van der Waals surface area contributed by atoms with Crippen molar-refractivity contribution in [1.82, 2.24) is 10.3 Å². The van der Waals surface area contributed by atoms with E-state index in [1.165, 1.54) is 0 Å². The highest BCUT2D eigenvalue weighted by molar-refractivity contribution is 9.10. The van der Waals surface area contributed by atoms with E-state index in [-0.39, 0.29) is 12.1 Å². The van der Waals surface area contributed by atoms with Gasteiger partial charge in [0.15, 0.2) is 0 Å². The topological polar surface area (TPSA) is 63.2 Å². The second kappa shape index (κ2) is 6.86. The SMILES string of the molecule is Cc1nc(NCC(NC(=O)OC(C)(C)C)C2CC2)ccc1Br. The molecule has 6 heteroatoms. The van der Waals surface area contributed by atoms with Gasteiger partial charge < -0.3 is 15.4 Å². The van der Waals surface area contributed by atoms with Crippen LogP contribution in [-0.4, -0.2) is 29.3 Å². The minimum atomic E-state index is -0.476. The molecular weight excluding hydrogens is 346 g/mol. The lowest BCUT2D eigenvalue weighted by atomic mass is 10.2. The van der Waals surface area contributed by atoms with E-state index in [0.717, 1.165) is 28.8 Å². The Morgan fingerprint density at radius 3 is 2.68 bits per heavy atom. The van der Waals surface area contributed by atoms with Crippen LogP contribution in [0.2, 0.25) is 0 Å². The number of aromatic nitrogens is 1. The number of hydrogen-bond acceptors (Lipinski definition) is 4. The number of alkyl carbamates (subject to hydrolysis) is 1. The molecule has 0 radical (unpaired) electrons. The summed E-state index contributed by atoms with van der Waals surface area (Å²) < 4.78 is 6.32. The van der Waals surface area contributed by atoms with Crippen molar-refractivity contribution in [3.05, 3.63) is 22.3 Å². The van der Waals surface area contributed by atoms with Gasteiger partial charge in [-0.2, -0.15) is 0 Å². The van der Waals surface area contributed by atoms with Crippen LogP contribution in [0, 0.1) is 12.8 Å². The van der Waals surface area contributed by atoms with Gasteiger partial charge in [-0.25, -0.2) is 9.78 Å². The average Bonchev–Trinajstić information content (AvgIpc) is 3.20. The number of nitrogens with zero attached hydrogens (tertiary/aromatic N) is 1. The largest absolute Gasteiger partial charge is 0.444 e. The summed E-state index contributed by atoms with van der Waals surface area (Å²) in [6, 6.07) is 3.97. The summed E-state index contributed by atoms with van der Waals surface area (Å²) in [7, 11) is 0. The Morgan fingerprint density at radius 1 is 1.45 bits per heavy atom. The van der Waals surface area contributed by atoms with Crippen molar-refractivity contribution in [1.29, 1.82) is 0 Å². The van der Waals surface area contributed by atoms with Gasteiger partial charge in [-0.15, -0.1) is 0 Å². The fourth-order valence-corrected chi connectivity index (χ4v) is 2.37. The third kappa shape index (κ3) is 5.48. The zero-order chi connectivity index (χ0) is 16.3. The van der Waals surface area contributed by atoms with Crippen molar-refractivity contribution in [2.45, 2.75) is 52.2 Å². The van der Waals surface area contributed by atoms with Crippen LogP contribution in [0.1, 0.15) is 39.3 Å². The van der Waals surface area contributed by atoms with Gasteiger partial charge in [-0.1, -0.05) is 0 Å². The van der Waals surface area contributed by atoms with Crippen LogP contribution in [0.25, 0.3) is 0 Å². The molecule has 1 aromatic heterocycles. The number of nitrogens with one attached hydrogen (secondary N) is 2. The van der Waals surface area contributed by atoms with Crippen LogP contribution in [0.3, 0.4) is 0 Å². The number of rotatable bonds is 5. The predicted octanol–water partition coefficient (Wildman–Crippen LogP) is 3.87. The van der Waals surface area contributed by atoms with Crippen LogP contribution in [0.4, 0.5) is 10.6 Å². The van der Waals surface area contributed by atoms with Gasteiger partial charge >= 0.3 is 6.09 Å². The maximum Gasteiger partial charge on any atom is 0.407 e. The Kier molecular flexibility index (Phi) is 5.32. The molecule has 5 nitrogen and oxygen atoms in total. The summed E-state index contributed by atoms with van der Waals surface area (Å²) in [5.74, 6) is 1.34. The van der Waals surface area contributed by atoms with Crippen LogP contribution in [-0.2, 0) is 4.74 Å². The standard InChI is InChI=1S/C16H24BrN3O2/c1-10-12(17)7-8-14(19-10)18-9-13(11-5-6-11)20-15(21)22-16(2,3)4/h7-8,11,13H,5-6,9H2,1-4H3,(H,18,19)(H,20,21). The quantitative estimate of drug-likeness (QED) is 0.826. The van der Waals surface area contributed by atoms with Gasteiger partial charge in [-0.05, 0) is 74.5 Å². The number of anilines is 1. The Balaban J connectivity index is 1.89. The Morgan fingerprint density at radius 2 is 2.14 bits per heavy atom. The first kappa shape index (κ1) is 17.1. The Bertz CT molecular complexity index is 539. The molecule has 1 aliphatic carbocycles. The molecule has 22 heavy (non-hydrogen) atoms. The van der Waals surface area contributed by atoms with Gasteiger partial charge in [0.2, 0.25) is 0 Å². The molecule has 1 atom stereocenters. The van der Waals surface area contributed by atoms with E-state index in [0.29, 0.717) is 12.5 Å². The van der Waals surface area contributed by atoms with E-state index in [2.05, 4.69) is 31.5 Å². The summed E-state index contributed by atoms with van der Waals surface area (Å²) >= 11 is 3.44. The molecule has 1 fully saturated rings. The fraction of sp³-hybridized carbons (Fsp3) is 0.625. The fourth-order valence-electron chi connectivity index (χ4n) is 2.15. The van der Waals surface area contributed by atoms with E-state index in [4.69, 9.17) is 4.74 Å². The smallest absolute Gasteiger partial charge is 0.407 e. The maximum atomic E-state index is 11.9. The molecule has 0 aliphatic heterocycles. The summed E-state index contributed by atoms with van der Waals surface area (Å²) in [6.07, 6.45) is 1.94. The number of pyridine rings is 1. The number of carbonyl (C=O) groups is 1. The zero-order valence-electron chi connectivity index (χ0n) is 13.6. The second-order valence-corrected chi connectivity index (χ2v) is 7.59. The zero-order valence-corrected chi connectivity index (χ0v) is 15.2. The van der Waals surface area contributed by atoms with Gasteiger partial charge in [0.25, 0.3) is 0 Å². The molecular formula is C16H24BrN3O2. The first-order chi connectivity index (χ1) is 10.2. The highest BCUT2D eigenvalue weighted by Crippen LogP contribution is 2.33. The van der Waals surface area contributed by atoms with Crippen molar-refractivity contribution in [2.24, 2.45) is 5.92 Å². The summed E-state index contributed by atoms with van der Waals surface area (Å²) in [5.41, 5.74) is 0.462. The second-order valence-electron chi connectivity index (χ2n) is 6.73. The van der Waals surface area contributed by atoms with E-state index >= 15 is 0 Å². The predicted molar refractivity (Wildman–Crippen MR) is 91.0 cm³/mol. The monoisotopic (exact) mass is 369 g/mol. The number of halogens is 1. The Hall–Kier alpha value is -1.30. The molecule has 0 bridgehead atoms. The number of carbonyl (C=O) groups excluding carboxylic acids is 1. The lowest BCUT2D eigenvalue weighted by Gasteiger charge is -2.24. The molecule has 1 saturated carbocycles. The van der Waals surface area contributed by atoms with E-state index in [1.54, 1.807) is 0 Å². The van der Waals surface area contributed by atoms with Crippen molar-refractivity contribution in [2.75, 3.05) is 11.9 Å². The summed E-state index contributed by atoms with van der Waals surface area (Å²) in [4.78, 5) is 16.4. The summed E-state index contributed by atoms with van der Waals surface area (Å²) in [5, 5.41) is 6.27. The molecule has 0 aromatic carbocycles. The molecule has 1 heterocycles.